The van der Waals surface area contributed by atoms with Crippen LogP contribution in [-0.4, -0.2) is 101 Å². The normalized spacial score (nSPS) is 30.0. The quantitative estimate of drug-likeness (QED) is 0.127. The number of nitrogens with two attached hydrogens (primary N) is 1. The zero-order valence-corrected chi connectivity index (χ0v) is 29.4. The van der Waals surface area contributed by atoms with Gasteiger partial charge in [-0.05, 0) is 63.2 Å². The number of phenolic OH excluding ortho intramolecular Hbond substituents is 1. The topological polar surface area (TPSA) is 232 Å². The molecule has 16 heteroatoms. The summed E-state index contributed by atoms with van der Waals surface area (Å²) < 4.78 is 30.7. The molecule has 0 heterocycles. The highest BCUT2D eigenvalue weighted by Crippen LogP contribution is 2.62. The van der Waals surface area contributed by atoms with Crippen molar-refractivity contribution >= 4 is 42.3 Å². The number of likely N-dealkylation sites (N-methyl/N-ethyl adjacent to an activating group) is 1. The average molecular weight is 716 g/mol. The lowest BCUT2D eigenvalue weighted by Crippen LogP contribution is -2.77. The Labute approximate surface area is 288 Å². The lowest BCUT2D eigenvalue weighted by molar-refractivity contribution is -0.196. The number of ketones is 4. The maximum absolute atomic E-state index is 14.3. The Hall–Kier alpha value is -3.98. The van der Waals surface area contributed by atoms with Gasteiger partial charge in [-0.2, -0.15) is 0 Å². The number of nitrogens with zero attached hydrogens (tertiary/aromatic N) is 1. The number of aliphatic hydroxyl groups is 2. The third-order valence-corrected chi connectivity index (χ3v) is 12.4. The molecular formula is C34H42N3O12P. The molecule has 15 nitrogen and oxygen atoms in total. The number of Topliss-reactive ketones (excluding diaryl/α,β-unsaturated/α-hetero) is 4. The Balaban J connectivity index is 1.63. The molecule has 50 heavy (non-hydrogen) atoms. The highest BCUT2D eigenvalue weighted by Gasteiger charge is 2.73. The Morgan fingerprint density at radius 2 is 1.64 bits per heavy atom. The number of carbonyl (C=O) groups is 5. The van der Waals surface area contributed by atoms with Crippen molar-refractivity contribution in [2.24, 2.45) is 29.4 Å². The van der Waals surface area contributed by atoms with Crippen molar-refractivity contribution < 1.29 is 57.6 Å². The second-order valence-corrected chi connectivity index (χ2v) is 15.1. The van der Waals surface area contributed by atoms with Crippen molar-refractivity contribution in [1.82, 2.24) is 4.90 Å². The van der Waals surface area contributed by atoms with Gasteiger partial charge in [0.2, 0.25) is 5.91 Å². The number of phenols is 1. The maximum atomic E-state index is 14.3. The number of aromatic hydroxyl groups is 1. The van der Waals surface area contributed by atoms with Crippen molar-refractivity contribution in [3.05, 3.63) is 53.1 Å². The minimum atomic E-state index is -4.00. The van der Waals surface area contributed by atoms with E-state index in [4.69, 9.17) is 19.5 Å². The number of hydrogen-bond acceptors (Lipinski definition) is 14. The molecule has 270 valence electrons. The number of hydrogen-bond donors (Lipinski definition) is 5. The van der Waals surface area contributed by atoms with E-state index >= 15 is 0 Å². The third-order valence-electron chi connectivity index (χ3n) is 10.1. The van der Waals surface area contributed by atoms with Gasteiger partial charge in [-0.15, -0.1) is 0 Å². The van der Waals surface area contributed by atoms with Crippen molar-refractivity contribution in [2.75, 3.05) is 39.7 Å². The molecule has 0 aromatic heterocycles. The molecule has 0 bridgehead atoms. The van der Waals surface area contributed by atoms with E-state index in [1.807, 2.05) is 0 Å². The highest BCUT2D eigenvalue weighted by atomic mass is 31.2. The zero-order valence-electron chi connectivity index (χ0n) is 28.5. The lowest BCUT2D eigenvalue weighted by atomic mass is 9.49. The van der Waals surface area contributed by atoms with E-state index in [1.54, 1.807) is 45.0 Å². The van der Waals surface area contributed by atoms with Gasteiger partial charge in [0.15, 0.2) is 40.4 Å². The van der Waals surface area contributed by atoms with E-state index in [2.05, 4.69) is 5.32 Å². The SMILES string of the molecule is CCOP(=O)(OCC)C(Nc1ccc2c(c1O)C(=O)C1C(=O)[C@]3(O)C(=O)C(C(N)=O)C(=O)[C@@H](N(C)C)[C@@H]3[C@@H](O)[C@@H]1[C@H]2C)c1ccc(OC)cc1. The smallest absolute Gasteiger partial charge is 0.357 e. The number of primary amides is 1. The van der Waals surface area contributed by atoms with Crippen LogP contribution in [0.3, 0.4) is 0 Å². The van der Waals surface area contributed by atoms with Gasteiger partial charge in [-0.3, -0.25) is 33.4 Å². The number of amides is 1. The number of ether oxygens (including phenoxy) is 1. The zero-order chi connectivity index (χ0) is 37.0. The molecule has 6 N–H and O–H groups in total. The van der Waals surface area contributed by atoms with Gasteiger partial charge < -0.3 is 40.2 Å². The van der Waals surface area contributed by atoms with E-state index in [-0.39, 0.29) is 30.0 Å². The van der Waals surface area contributed by atoms with Crippen LogP contribution in [0.5, 0.6) is 11.5 Å². The predicted octanol–water partition coefficient (Wildman–Crippen LogP) is 1.78. The van der Waals surface area contributed by atoms with Gasteiger partial charge in [0.1, 0.15) is 11.5 Å². The Morgan fingerprint density at radius 3 is 2.16 bits per heavy atom. The molecular weight excluding hydrogens is 673 g/mol. The Kier molecular flexibility index (Phi) is 10.2. The summed E-state index contributed by atoms with van der Waals surface area (Å²) in [6, 6.07) is 7.99. The van der Waals surface area contributed by atoms with E-state index in [1.165, 1.54) is 38.2 Å². The molecule has 3 unspecified atom stereocenters. The molecule has 3 aliphatic rings. The molecule has 0 saturated heterocycles. The molecule has 0 radical (unpaired) electrons. The number of anilines is 1. The Morgan fingerprint density at radius 1 is 1.04 bits per heavy atom. The molecule has 9 atom stereocenters. The molecule has 2 fully saturated rings. The number of aliphatic hydroxyl groups excluding tert-OH is 1. The van der Waals surface area contributed by atoms with E-state index < -0.39 is 95.5 Å². The minimum Gasteiger partial charge on any atom is -0.505 e. The van der Waals surface area contributed by atoms with Crippen LogP contribution in [0.1, 0.15) is 54.0 Å². The fourth-order valence-electron chi connectivity index (χ4n) is 7.93. The maximum Gasteiger partial charge on any atom is 0.357 e. The van der Waals surface area contributed by atoms with Crippen molar-refractivity contribution in [3.63, 3.8) is 0 Å². The van der Waals surface area contributed by atoms with Crippen LogP contribution in [0.25, 0.3) is 0 Å². The number of carbonyl (C=O) groups excluding carboxylic acids is 5. The van der Waals surface area contributed by atoms with Gasteiger partial charge >= 0.3 is 7.60 Å². The number of nitrogens with one attached hydrogen (secondary N) is 1. The summed E-state index contributed by atoms with van der Waals surface area (Å²) in [7, 11) is 0.333. The van der Waals surface area contributed by atoms with Crippen LogP contribution < -0.4 is 15.8 Å². The van der Waals surface area contributed by atoms with Gasteiger partial charge in [0.25, 0.3) is 0 Å². The van der Waals surface area contributed by atoms with Gasteiger partial charge in [0, 0.05) is 5.92 Å². The lowest BCUT2D eigenvalue weighted by Gasteiger charge is -2.56. The number of rotatable bonds is 11. The monoisotopic (exact) mass is 715 g/mol. The van der Waals surface area contributed by atoms with Crippen LogP contribution in [0.2, 0.25) is 0 Å². The molecule has 5 rings (SSSR count). The van der Waals surface area contributed by atoms with E-state index in [0.29, 0.717) is 11.3 Å². The first-order valence-electron chi connectivity index (χ1n) is 16.2. The second kappa shape index (κ2) is 13.6. The fraction of sp³-hybridized carbons (Fsp3) is 0.500. The van der Waals surface area contributed by atoms with Gasteiger partial charge in [-0.25, -0.2) is 0 Å². The largest absolute Gasteiger partial charge is 0.505 e. The Bertz CT molecular complexity index is 1770. The molecule has 1 amide bonds. The molecule has 0 aliphatic heterocycles. The summed E-state index contributed by atoms with van der Waals surface area (Å²) in [5.41, 5.74) is 2.54. The third kappa shape index (κ3) is 5.56. The van der Waals surface area contributed by atoms with Crippen molar-refractivity contribution in [2.45, 2.75) is 50.2 Å². The minimum absolute atomic E-state index is 0.0187. The summed E-state index contributed by atoms with van der Waals surface area (Å²) in [5, 5.41) is 38.4. The molecule has 0 spiro atoms. The summed E-state index contributed by atoms with van der Waals surface area (Å²) in [5.74, 6) is -15.3. The second-order valence-electron chi connectivity index (χ2n) is 13.0. The van der Waals surface area contributed by atoms with Crippen molar-refractivity contribution in [1.29, 1.82) is 0 Å². The molecule has 2 aromatic carbocycles. The van der Waals surface area contributed by atoms with Crippen LogP contribution in [0.15, 0.2) is 36.4 Å². The van der Waals surface area contributed by atoms with E-state index in [0.717, 1.165) is 0 Å². The van der Waals surface area contributed by atoms with Crippen LogP contribution in [-0.2, 0) is 32.8 Å². The number of methoxy groups -OCH3 is 1. The summed E-state index contributed by atoms with van der Waals surface area (Å²) >= 11 is 0. The highest BCUT2D eigenvalue weighted by molar-refractivity contribution is 7.54. The van der Waals surface area contributed by atoms with Crippen LogP contribution in [0, 0.1) is 23.7 Å². The first-order chi connectivity index (χ1) is 23.5. The van der Waals surface area contributed by atoms with Gasteiger partial charge in [-0.1, -0.05) is 25.1 Å². The number of fused-ring (bicyclic) bond motifs is 3. The average Bonchev–Trinajstić information content (AvgIpc) is 3.06. The van der Waals surface area contributed by atoms with Gasteiger partial charge in [0.05, 0.1) is 55.6 Å². The molecule has 2 saturated carbocycles. The predicted molar refractivity (Wildman–Crippen MR) is 178 cm³/mol. The first kappa shape index (κ1) is 37.3. The first-order valence-corrected chi connectivity index (χ1v) is 17.8. The van der Waals surface area contributed by atoms with Crippen molar-refractivity contribution in [3.8, 4) is 11.5 Å². The van der Waals surface area contributed by atoms with Crippen LogP contribution >= 0.6 is 7.60 Å². The standard InChI is InChI=1S/C34H42N3O12P/c1-7-48-50(46,49-8-2)33(16-9-11-17(47-6)12-10-16)36-19-14-13-18-15(3)20-22(27(39)21(18)26(19)38)30(42)34(45)24(28(20)40)25(37(4)5)29(41)23(31(34)43)32(35)44/h9-15,20,22-25,28,33,36,38,40,45H,7-8H2,1-6H3,(H2,35,44)/t15-,20+,22?,23?,24+,25-,28-,33?,34-/m0/s1. The summed E-state index contributed by atoms with van der Waals surface area (Å²) in [6.45, 7) is 4.92. The fourth-order valence-corrected chi connectivity index (χ4v) is 9.86. The number of benzene rings is 2. The molecule has 2 aromatic rings. The van der Waals surface area contributed by atoms with Crippen LogP contribution in [0.4, 0.5) is 5.69 Å². The van der Waals surface area contributed by atoms with E-state index in [9.17, 15) is 43.9 Å². The summed E-state index contributed by atoms with van der Waals surface area (Å²) in [4.78, 5) is 69.2. The summed E-state index contributed by atoms with van der Waals surface area (Å²) in [6.07, 6.45) is -1.76. The molecule has 3 aliphatic carbocycles.